The minimum Gasteiger partial charge on any atom is -0.480 e. The Labute approximate surface area is 77.3 Å². The van der Waals surface area contributed by atoms with Crippen LogP contribution < -0.4 is 11.1 Å². The highest BCUT2D eigenvalue weighted by molar-refractivity contribution is 5.75. The number of rotatable bonds is 6. The zero-order valence-corrected chi connectivity index (χ0v) is 7.75. The SMILES string of the molecule is CCC(=O)NCCCC(N)C(=O)O. The number of hydrogen-bond acceptors (Lipinski definition) is 3. The van der Waals surface area contributed by atoms with Gasteiger partial charge in [0, 0.05) is 13.0 Å². The molecule has 1 unspecified atom stereocenters. The van der Waals surface area contributed by atoms with Crippen LogP contribution in [0.4, 0.5) is 0 Å². The lowest BCUT2D eigenvalue weighted by Crippen LogP contribution is -2.31. The van der Waals surface area contributed by atoms with Crippen molar-refractivity contribution in [1.82, 2.24) is 5.32 Å². The van der Waals surface area contributed by atoms with Crippen molar-refractivity contribution in [2.75, 3.05) is 6.54 Å². The van der Waals surface area contributed by atoms with Crippen LogP contribution in [0.2, 0.25) is 0 Å². The molecule has 13 heavy (non-hydrogen) atoms. The Morgan fingerprint density at radius 3 is 2.62 bits per heavy atom. The molecule has 5 nitrogen and oxygen atoms in total. The molecule has 0 aliphatic heterocycles. The maximum Gasteiger partial charge on any atom is 0.320 e. The van der Waals surface area contributed by atoms with Gasteiger partial charge in [-0.3, -0.25) is 9.59 Å². The van der Waals surface area contributed by atoms with Gasteiger partial charge in [-0.15, -0.1) is 0 Å². The largest absolute Gasteiger partial charge is 0.480 e. The molecule has 0 saturated heterocycles. The summed E-state index contributed by atoms with van der Waals surface area (Å²) in [6.45, 7) is 2.26. The lowest BCUT2D eigenvalue weighted by molar-refractivity contribution is -0.138. The van der Waals surface area contributed by atoms with Gasteiger partial charge in [0.1, 0.15) is 6.04 Å². The van der Waals surface area contributed by atoms with E-state index >= 15 is 0 Å². The van der Waals surface area contributed by atoms with E-state index in [1.807, 2.05) is 0 Å². The molecule has 0 saturated carbocycles. The number of carboxylic acids is 1. The van der Waals surface area contributed by atoms with E-state index in [1.54, 1.807) is 6.92 Å². The van der Waals surface area contributed by atoms with Gasteiger partial charge >= 0.3 is 5.97 Å². The van der Waals surface area contributed by atoms with Crippen molar-refractivity contribution in [1.29, 1.82) is 0 Å². The van der Waals surface area contributed by atoms with Gasteiger partial charge in [0.25, 0.3) is 0 Å². The highest BCUT2D eigenvalue weighted by Gasteiger charge is 2.09. The second kappa shape index (κ2) is 6.42. The van der Waals surface area contributed by atoms with Gasteiger partial charge in [-0.25, -0.2) is 0 Å². The predicted molar refractivity (Wildman–Crippen MR) is 48.1 cm³/mol. The van der Waals surface area contributed by atoms with E-state index in [0.29, 0.717) is 25.8 Å². The summed E-state index contributed by atoms with van der Waals surface area (Å²) in [4.78, 5) is 21.0. The first-order valence-corrected chi connectivity index (χ1v) is 4.33. The number of amides is 1. The lowest BCUT2D eigenvalue weighted by atomic mass is 10.2. The van der Waals surface area contributed by atoms with Gasteiger partial charge in [-0.1, -0.05) is 6.92 Å². The molecule has 1 amide bonds. The second-order valence-electron chi connectivity index (χ2n) is 2.79. The van der Waals surface area contributed by atoms with Crippen LogP contribution in [0.1, 0.15) is 26.2 Å². The fraction of sp³-hybridized carbons (Fsp3) is 0.750. The normalized spacial score (nSPS) is 12.2. The van der Waals surface area contributed by atoms with Crippen LogP contribution in [-0.2, 0) is 9.59 Å². The Balaban J connectivity index is 3.35. The summed E-state index contributed by atoms with van der Waals surface area (Å²) >= 11 is 0. The molecular weight excluding hydrogens is 172 g/mol. The van der Waals surface area contributed by atoms with Crippen LogP contribution in [0.5, 0.6) is 0 Å². The molecular formula is C8H16N2O3. The van der Waals surface area contributed by atoms with Crippen molar-refractivity contribution in [2.24, 2.45) is 5.73 Å². The van der Waals surface area contributed by atoms with Gasteiger partial charge in [0.15, 0.2) is 0 Å². The van der Waals surface area contributed by atoms with Crippen LogP contribution in [-0.4, -0.2) is 29.6 Å². The van der Waals surface area contributed by atoms with Crippen LogP contribution in [0.25, 0.3) is 0 Å². The van der Waals surface area contributed by atoms with Gasteiger partial charge in [-0.05, 0) is 12.8 Å². The topological polar surface area (TPSA) is 92.4 Å². The predicted octanol–water partition coefficient (Wildman–Crippen LogP) is -0.295. The van der Waals surface area contributed by atoms with E-state index < -0.39 is 12.0 Å². The molecule has 0 aromatic carbocycles. The minimum absolute atomic E-state index is 0.0242. The van der Waals surface area contributed by atoms with Crippen molar-refractivity contribution in [3.05, 3.63) is 0 Å². The number of nitrogens with one attached hydrogen (secondary N) is 1. The van der Waals surface area contributed by atoms with E-state index in [0.717, 1.165) is 0 Å². The van der Waals surface area contributed by atoms with E-state index in [2.05, 4.69) is 5.32 Å². The molecule has 4 N–H and O–H groups in total. The van der Waals surface area contributed by atoms with Crippen LogP contribution in [0, 0.1) is 0 Å². The first-order valence-electron chi connectivity index (χ1n) is 4.33. The van der Waals surface area contributed by atoms with Gasteiger partial charge in [0.2, 0.25) is 5.91 Å². The first kappa shape index (κ1) is 11.9. The monoisotopic (exact) mass is 188 g/mol. The van der Waals surface area contributed by atoms with E-state index in [1.165, 1.54) is 0 Å². The average molecular weight is 188 g/mol. The molecule has 0 rings (SSSR count). The summed E-state index contributed by atoms with van der Waals surface area (Å²) in [5.41, 5.74) is 5.25. The van der Waals surface area contributed by atoms with Gasteiger partial charge in [-0.2, -0.15) is 0 Å². The number of aliphatic carboxylic acids is 1. The summed E-state index contributed by atoms with van der Waals surface area (Å²) in [6.07, 6.45) is 1.43. The molecule has 5 heteroatoms. The number of carbonyl (C=O) groups excluding carboxylic acids is 1. The average Bonchev–Trinajstić information content (AvgIpc) is 2.11. The van der Waals surface area contributed by atoms with Crippen molar-refractivity contribution in [3.63, 3.8) is 0 Å². The Morgan fingerprint density at radius 2 is 2.15 bits per heavy atom. The van der Waals surface area contributed by atoms with Crippen molar-refractivity contribution < 1.29 is 14.7 Å². The smallest absolute Gasteiger partial charge is 0.320 e. The minimum atomic E-state index is -0.998. The molecule has 0 radical (unpaired) electrons. The molecule has 76 valence electrons. The fourth-order valence-electron chi connectivity index (χ4n) is 0.798. The quantitative estimate of drug-likeness (QED) is 0.499. The van der Waals surface area contributed by atoms with Crippen molar-refractivity contribution in [3.8, 4) is 0 Å². The van der Waals surface area contributed by atoms with Crippen LogP contribution >= 0.6 is 0 Å². The van der Waals surface area contributed by atoms with Gasteiger partial charge in [0.05, 0.1) is 0 Å². The highest BCUT2D eigenvalue weighted by Crippen LogP contribution is 1.93. The Kier molecular flexibility index (Phi) is 5.88. The third kappa shape index (κ3) is 6.10. The van der Waals surface area contributed by atoms with E-state index in [4.69, 9.17) is 10.8 Å². The first-order chi connectivity index (χ1) is 6.07. The summed E-state index contributed by atoms with van der Waals surface area (Å²) in [5.74, 6) is -1.02. The summed E-state index contributed by atoms with van der Waals surface area (Å²) in [5, 5.41) is 11.1. The number of carboxylic acid groups (broad SMARTS) is 1. The zero-order chi connectivity index (χ0) is 10.3. The summed E-state index contributed by atoms with van der Waals surface area (Å²) < 4.78 is 0. The summed E-state index contributed by atoms with van der Waals surface area (Å²) in [7, 11) is 0. The Morgan fingerprint density at radius 1 is 1.54 bits per heavy atom. The Bertz CT molecular complexity index is 182. The van der Waals surface area contributed by atoms with Crippen molar-refractivity contribution >= 4 is 11.9 Å². The van der Waals surface area contributed by atoms with Crippen LogP contribution in [0.3, 0.4) is 0 Å². The van der Waals surface area contributed by atoms with E-state index in [9.17, 15) is 9.59 Å². The van der Waals surface area contributed by atoms with Gasteiger partial charge < -0.3 is 16.2 Å². The maximum atomic E-state index is 10.7. The molecule has 1 atom stereocenters. The molecule has 0 spiro atoms. The van der Waals surface area contributed by atoms with Crippen molar-refractivity contribution in [2.45, 2.75) is 32.2 Å². The number of hydrogen-bond donors (Lipinski definition) is 3. The van der Waals surface area contributed by atoms with Crippen LogP contribution in [0.15, 0.2) is 0 Å². The molecule has 0 aliphatic rings. The molecule has 0 heterocycles. The fourth-order valence-corrected chi connectivity index (χ4v) is 0.798. The maximum absolute atomic E-state index is 10.7. The molecule has 0 bridgehead atoms. The standard InChI is InChI=1S/C8H16N2O3/c1-2-7(11)10-5-3-4-6(9)8(12)13/h6H,2-5,9H2,1H3,(H,10,11)(H,12,13). The molecule has 0 fully saturated rings. The van der Waals surface area contributed by atoms with E-state index in [-0.39, 0.29) is 5.91 Å². The number of carbonyl (C=O) groups is 2. The lowest BCUT2D eigenvalue weighted by Gasteiger charge is -2.06. The molecule has 0 aliphatic carbocycles. The zero-order valence-electron chi connectivity index (χ0n) is 7.75. The molecule has 0 aromatic heterocycles. The number of nitrogens with two attached hydrogens (primary N) is 1. The highest BCUT2D eigenvalue weighted by atomic mass is 16.4. The second-order valence-corrected chi connectivity index (χ2v) is 2.79. The Hall–Kier alpha value is -1.10. The molecule has 0 aromatic rings. The third-order valence-electron chi connectivity index (χ3n) is 1.65. The summed E-state index contributed by atoms with van der Waals surface area (Å²) in [6, 6.07) is -0.821. The third-order valence-corrected chi connectivity index (χ3v) is 1.65.